The molecule has 0 aliphatic rings. The largest absolute Gasteiger partial charge is 0.507 e. The first kappa shape index (κ1) is 11.2. The zero-order valence-electron chi connectivity index (χ0n) is 9.09. The van der Waals surface area contributed by atoms with Crippen LogP contribution in [0.3, 0.4) is 0 Å². The molecule has 0 aliphatic heterocycles. The molecule has 85 valence electrons. The molecule has 0 fully saturated rings. The number of carbonyl (C=O) groups is 1. The minimum Gasteiger partial charge on any atom is -0.507 e. The molecule has 0 saturated heterocycles. The Balaban J connectivity index is 2.36. The van der Waals surface area contributed by atoms with Crippen molar-refractivity contribution in [2.45, 2.75) is 0 Å². The zero-order valence-corrected chi connectivity index (χ0v) is 9.09. The van der Waals surface area contributed by atoms with Crippen molar-refractivity contribution in [3.8, 4) is 17.2 Å². The summed E-state index contributed by atoms with van der Waals surface area (Å²) < 4.78 is 5.53. The fraction of sp³-hybridized carbons (Fsp3) is 0. The quantitative estimate of drug-likeness (QED) is 0.819. The van der Waals surface area contributed by atoms with E-state index in [1.165, 1.54) is 6.07 Å². The maximum Gasteiger partial charge on any atom is 0.157 e. The molecule has 1 N–H and O–H groups in total. The highest BCUT2D eigenvalue weighted by Gasteiger charge is 2.08. The Bertz CT molecular complexity index is 547. The van der Waals surface area contributed by atoms with Gasteiger partial charge in [-0.15, -0.1) is 0 Å². The zero-order chi connectivity index (χ0) is 12.3. The molecule has 0 heterocycles. The maximum atomic E-state index is 10.9. The molecule has 2 aromatic rings. The molecular weight excluding hydrogens is 216 g/mol. The number of benzene rings is 2. The second-order valence-electron chi connectivity index (χ2n) is 3.56. The van der Waals surface area contributed by atoms with Crippen LogP contribution in [-0.2, 0) is 0 Å². The van der Waals surface area contributed by atoms with E-state index in [1.54, 1.807) is 30.3 Å². The lowest BCUT2D eigenvalue weighted by molar-refractivity contribution is 0.111. The summed E-state index contributed by atoms with van der Waals surface area (Å²) in [5, 5.41) is 9.50. The first-order valence-corrected chi connectivity index (χ1v) is 5.08. The van der Waals surface area contributed by atoms with E-state index < -0.39 is 0 Å². The van der Waals surface area contributed by atoms with E-state index in [2.05, 4.69) is 6.92 Å². The van der Waals surface area contributed by atoms with Crippen molar-refractivity contribution < 1.29 is 14.6 Å². The number of aromatic hydroxyl groups is 1. The van der Waals surface area contributed by atoms with E-state index in [-0.39, 0.29) is 11.3 Å². The van der Waals surface area contributed by atoms with Gasteiger partial charge in [-0.3, -0.25) is 4.79 Å². The van der Waals surface area contributed by atoms with Crippen LogP contribution in [0.4, 0.5) is 0 Å². The van der Waals surface area contributed by atoms with Gasteiger partial charge in [-0.05, 0) is 36.8 Å². The summed E-state index contributed by atoms with van der Waals surface area (Å²) in [4.78, 5) is 10.9. The SMILES string of the molecule is [CH2]c1cccc(Oc2cccc(O)c2C=O)c1. The third kappa shape index (κ3) is 2.45. The second kappa shape index (κ2) is 4.70. The van der Waals surface area contributed by atoms with Crippen LogP contribution in [0.25, 0.3) is 0 Å². The van der Waals surface area contributed by atoms with Crippen LogP contribution < -0.4 is 4.74 Å². The maximum absolute atomic E-state index is 10.9. The number of ether oxygens (including phenoxy) is 1. The van der Waals surface area contributed by atoms with Crippen molar-refractivity contribution in [2.24, 2.45) is 0 Å². The first-order valence-electron chi connectivity index (χ1n) is 5.08. The Morgan fingerprint density at radius 2 is 1.94 bits per heavy atom. The number of phenols is 1. The molecule has 0 spiro atoms. The summed E-state index contributed by atoms with van der Waals surface area (Å²) in [6.07, 6.45) is 0.568. The molecule has 0 unspecified atom stereocenters. The highest BCUT2D eigenvalue weighted by Crippen LogP contribution is 2.29. The summed E-state index contributed by atoms with van der Waals surface area (Å²) in [5.41, 5.74) is 0.956. The van der Waals surface area contributed by atoms with Crippen molar-refractivity contribution >= 4 is 6.29 Å². The highest BCUT2D eigenvalue weighted by atomic mass is 16.5. The lowest BCUT2D eigenvalue weighted by Crippen LogP contribution is -1.91. The third-order valence-corrected chi connectivity index (χ3v) is 2.29. The normalized spacial score (nSPS) is 9.94. The van der Waals surface area contributed by atoms with E-state index in [4.69, 9.17) is 4.74 Å². The van der Waals surface area contributed by atoms with Gasteiger partial charge in [0.25, 0.3) is 0 Å². The Hall–Kier alpha value is -2.29. The topological polar surface area (TPSA) is 46.5 Å². The van der Waals surface area contributed by atoms with Crippen LogP contribution in [0.2, 0.25) is 0 Å². The monoisotopic (exact) mass is 227 g/mol. The molecule has 2 rings (SSSR count). The molecule has 0 aromatic heterocycles. The Labute approximate surface area is 99.3 Å². The highest BCUT2D eigenvalue weighted by molar-refractivity contribution is 5.83. The fourth-order valence-corrected chi connectivity index (χ4v) is 1.48. The predicted molar refractivity (Wildman–Crippen MR) is 64.5 cm³/mol. The molecular formula is C14H11O3. The van der Waals surface area contributed by atoms with E-state index in [9.17, 15) is 9.90 Å². The molecule has 3 nitrogen and oxygen atoms in total. The number of hydrogen-bond donors (Lipinski definition) is 1. The van der Waals surface area contributed by atoms with Crippen molar-refractivity contribution in [1.82, 2.24) is 0 Å². The first-order chi connectivity index (χ1) is 8.20. The van der Waals surface area contributed by atoms with Gasteiger partial charge in [0.1, 0.15) is 17.2 Å². The lowest BCUT2D eigenvalue weighted by Gasteiger charge is -2.09. The Morgan fingerprint density at radius 1 is 1.18 bits per heavy atom. The van der Waals surface area contributed by atoms with E-state index in [1.807, 2.05) is 6.07 Å². The van der Waals surface area contributed by atoms with Gasteiger partial charge < -0.3 is 9.84 Å². The van der Waals surface area contributed by atoms with E-state index in [0.29, 0.717) is 17.8 Å². The minimum atomic E-state index is -0.0942. The average molecular weight is 227 g/mol. The van der Waals surface area contributed by atoms with Crippen molar-refractivity contribution in [3.63, 3.8) is 0 Å². The lowest BCUT2D eigenvalue weighted by atomic mass is 10.2. The number of carbonyl (C=O) groups excluding carboxylic acids is 1. The predicted octanol–water partition coefficient (Wildman–Crippen LogP) is 3.18. The summed E-state index contributed by atoms with van der Waals surface area (Å²) in [7, 11) is 0. The molecule has 0 aliphatic carbocycles. The summed E-state index contributed by atoms with van der Waals surface area (Å²) >= 11 is 0. The number of phenolic OH excluding ortho intramolecular Hbond substituents is 1. The van der Waals surface area contributed by atoms with Gasteiger partial charge in [-0.1, -0.05) is 18.2 Å². The Kier molecular flexibility index (Phi) is 3.10. The van der Waals surface area contributed by atoms with Crippen LogP contribution in [0.1, 0.15) is 15.9 Å². The molecule has 2 aromatic carbocycles. The molecule has 17 heavy (non-hydrogen) atoms. The van der Waals surface area contributed by atoms with Crippen LogP contribution >= 0.6 is 0 Å². The summed E-state index contributed by atoms with van der Waals surface area (Å²) in [6, 6.07) is 11.8. The smallest absolute Gasteiger partial charge is 0.157 e. The third-order valence-electron chi connectivity index (χ3n) is 2.29. The molecule has 0 amide bonds. The number of aldehydes is 1. The Morgan fingerprint density at radius 3 is 2.65 bits per heavy atom. The fourth-order valence-electron chi connectivity index (χ4n) is 1.48. The molecule has 3 heteroatoms. The van der Waals surface area contributed by atoms with Crippen LogP contribution in [0.15, 0.2) is 42.5 Å². The van der Waals surface area contributed by atoms with Crippen LogP contribution in [-0.4, -0.2) is 11.4 Å². The summed E-state index contributed by atoms with van der Waals surface area (Å²) in [6.45, 7) is 3.78. The molecule has 1 radical (unpaired) electrons. The van der Waals surface area contributed by atoms with E-state index >= 15 is 0 Å². The number of hydrogen-bond acceptors (Lipinski definition) is 3. The molecule has 0 saturated carbocycles. The van der Waals surface area contributed by atoms with Gasteiger partial charge >= 0.3 is 0 Å². The van der Waals surface area contributed by atoms with Crippen molar-refractivity contribution in [3.05, 3.63) is 60.5 Å². The standard InChI is InChI=1S/C14H11O3/c1-10-4-2-5-11(8-10)17-14-7-3-6-13(16)12(14)9-15/h2-9,16H,1H2. The van der Waals surface area contributed by atoms with E-state index in [0.717, 1.165) is 5.56 Å². The molecule has 0 bridgehead atoms. The van der Waals surface area contributed by atoms with Gasteiger partial charge in [0, 0.05) is 0 Å². The van der Waals surface area contributed by atoms with Gasteiger partial charge in [0.2, 0.25) is 0 Å². The molecule has 0 atom stereocenters. The minimum absolute atomic E-state index is 0.0942. The van der Waals surface area contributed by atoms with Gasteiger partial charge in [0.15, 0.2) is 6.29 Å². The summed E-state index contributed by atoms with van der Waals surface area (Å²) in [5.74, 6) is 0.806. The van der Waals surface area contributed by atoms with Crippen molar-refractivity contribution in [1.29, 1.82) is 0 Å². The second-order valence-corrected chi connectivity index (χ2v) is 3.56. The van der Waals surface area contributed by atoms with Crippen LogP contribution in [0, 0.1) is 6.92 Å². The van der Waals surface area contributed by atoms with Crippen molar-refractivity contribution in [2.75, 3.05) is 0 Å². The number of rotatable bonds is 3. The van der Waals surface area contributed by atoms with Gasteiger partial charge in [-0.25, -0.2) is 0 Å². The van der Waals surface area contributed by atoms with Gasteiger partial charge in [0.05, 0.1) is 5.56 Å². The van der Waals surface area contributed by atoms with Gasteiger partial charge in [-0.2, -0.15) is 0 Å². The average Bonchev–Trinajstić information content (AvgIpc) is 2.29. The van der Waals surface area contributed by atoms with Crippen LogP contribution in [0.5, 0.6) is 17.2 Å².